The molecule has 1 unspecified atom stereocenters. The van der Waals surface area contributed by atoms with Crippen LogP contribution in [0.1, 0.15) is 31.8 Å². The zero-order valence-corrected chi connectivity index (χ0v) is 18.1. The van der Waals surface area contributed by atoms with Crippen molar-refractivity contribution < 1.29 is 14.4 Å². The minimum atomic E-state index is -1.05. The topological polar surface area (TPSA) is 66.5 Å². The van der Waals surface area contributed by atoms with Gasteiger partial charge in [-0.15, -0.1) is 0 Å². The summed E-state index contributed by atoms with van der Waals surface area (Å²) >= 11 is 12.1. The molecule has 1 N–H and O–H groups in total. The number of aryl methyl sites for hydroxylation is 1. The number of benzene rings is 3. The van der Waals surface area contributed by atoms with Crippen LogP contribution in [0.15, 0.2) is 66.7 Å². The lowest BCUT2D eigenvalue weighted by Crippen LogP contribution is -2.48. The molecule has 0 radical (unpaired) electrons. The third-order valence-electron chi connectivity index (χ3n) is 5.16. The fourth-order valence-corrected chi connectivity index (χ4v) is 3.86. The van der Waals surface area contributed by atoms with E-state index in [0.29, 0.717) is 5.69 Å². The van der Waals surface area contributed by atoms with Crippen molar-refractivity contribution in [1.82, 2.24) is 4.90 Å². The molecule has 31 heavy (non-hydrogen) atoms. The number of nitrogens with one attached hydrogen (secondary N) is 1. The summed E-state index contributed by atoms with van der Waals surface area (Å²) in [5.41, 5.74) is 2.73. The Kier molecular flexibility index (Phi) is 5.81. The Bertz CT molecular complexity index is 1140. The van der Waals surface area contributed by atoms with Crippen LogP contribution in [0.4, 0.5) is 5.69 Å². The van der Waals surface area contributed by atoms with Crippen molar-refractivity contribution in [3.63, 3.8) is 0 Å². The van der Waals surface area contributed by atoms with Crippen LogP contribution >= 0.6 is 23.2 Å². The first kappa shape index (κ1) is 21.1. The summed E-state index contributed by atoms with van der Waals surface area (Å²) in [6.45, 7) is 1.94. The summed E-state index contributed by atoms with van der Waals surface area (Å²) in [5, 5.41) is 3.17. The minimum absolute atomic E-state index is 0.139. The van der Waals surface area contributed by atoms with Gasteiger partial charge in [-0.2, -0.15) is 0 Å². The van der Waals surface area contributed by atoms with Crippen LogP contribution in [-0.4, -0.2) is 28.7 Å². The standard InChI is InChI=1S/C24H18Cl2N2O3/c1-14-7-9-16(10-8-14)27-22(29)21(11-15-5-3-2-4-6-15)28-23(30)17-12-19(25)20(26)13-18(17)24(28)31/h2-10,12-13,21H,11H2,1H3,(H,27,29). The molecule has 0 aromatic heterocycles. The second-order valence-electron chi connectivity index (χ2n) is 7.35. The molecule has 1 atom stereocenters. The van der Waals surface area contributed by atoms with Gasteiger partial charge < -0.3 is 5.32 Å². The number of nitrogens with zero attached hydrogens (tertiary/aromatic N) is 1. The molecular formula is C24H18Cl2N2O3. The molecule has 156 valence electrons. The first-order chi connectivity index (χ1) is 14.8. The Labute approximate surface area is 189 Å². The average Bonchev–Trinajstić information content (AvgIpc) is 2.99. The number of amides is 3. The molecule has 3 aromatic carbocycles. The number of carbonyl (C=O) groups excluding carboxylic acids is 3. The summed E-state index contributed by atoms with van der Waals surface area (Å²) in [6, 6.07) is 18.2. The number of fused-ring (bicyclic) bond motifs is 1. The molecule has 7 heteroatoms. The van der Waals surface area contributed by atoms with E-state index >= 15 is 0 Å². The predicted octanol–water partition coefficient (Wildman–Crippen LogP) is 5.15. The van der Waals surface area contributed by atoms with E-state index in [4.69, 9.17) is 23.2 Å². The zero-order valence-electron chi connectivity index (χ0n) is 16.6. The van der Waals surface area contributed by atoms with E-state index in [1.807, 2.05) is 49.4 Å². The van der Waals surface area contributed by atoms with Gasteiger partial charge in [-0.3, -0.25) is 19.3 Å². The highest BCUT2D eigenvalue weighted by Crippen LogP contribution is 2.33. The van der Waals surface area contributed by atoms with Gasteiger partial charge >= 0.3 is 0 Å². The van der Waals surface area contributed by atoms with E-state index in [-0.39, 0.29) is 27.6 Å². The average molecular weight is 453 g/mol. The highest BCUT2D eigenvalue weighted by atomic mass is 35.5. The Morgan fingerprint density at radius 3 is 2.00 bits per heavy atom. The molecule has 0 spiro atoms. The van der Waals surface area contributed by atoms with Crippen LogP contribution in [0.25, 0.3) is 0 Å². The molecular weight excluding hydrogens is 435 g/mol. The third kappa shape index (κ3) is 4.20. The summed E-state index contributed by atoms with van der Waals surface area (Å²) in [5.74, 6) is -1.60. The Morgan fingerprint density at radius 2 is 1.45 bits per heavy atom. The van der Waals surface area contributed by atoms with E-state index in [0.717, 1.165) is 16.0 Å². The number of anilines is 1. The molecule has 0 aliphatic carbocycles. The maximum Gasteiger partial charge on any atom is 0.262 e. The number of carbonyl (C=O) groups is 3. The molecule has 1 aliphatic rings. The maximum absolute atomic E-state index is 13.3. The molecule has 3 amide bonds. The van der Waals surface area contributed by atoms with E-state index in [1.54, 1.807) is 12.1 Å². The number of hydrogen-bond donors (Lipinski definition) is 1. The summed E-state index contributed by atoms with van der Waals surface area (Å²) in [4.78, 5) is 40.5. The lowest BCUT2D eigenvalue weighted by molar-refractivity contribution is -0.119. The van der Waals surface area contributed by atoms with Gasteiger partial charge in [-0.05, 0) is 36.8 Å². The van der Waals surface area contributed by atoms with Crippen molar-refractivity contribution in [1.29, 1.82) is 0 Å². The molecule has 1 heterocycles. The van der Waals surface area contributed by atoms with E-state index < -0.39 is 23.8 Å². The first-order valence-electron chi connectivity index (χ1n) is 9.63. The maximum atomic E-state index is 13.3. The van der Waals surface area contributed by atoms with Gasteiger partial charge in [0.2, 0.25) is 5.91 Å². The van der Waals surface area contributed by atoms with Crippen molar-refractivity contribution >= 4 is 46.6 Å². The van der Waals surface area contributed by atoms with Gasteiger partial charge in [0.05, 0.1) is 21.2 Å². The van der Waals surface area contributed by atoms with E-state index in [1.165, 1.54) is 12.1 Å². The largest absolute Gasteiger partial charge is 0.324 e. The Morgan fingerprint density at radius 1 is 0.903 bits per heavy atom. The zero-order chi connectivity index (χ0) is 22.1. The van der Waals surface area contributed by atoms with Gasteiger partial charge in [-0.1, -0.05) is 71.2 Å². The van der Waals surface area contributed by atoms with Crippen molar-refractivity contribution in [3.05, 3.63) is 99.0 Å². The van der Waals surface area contributed by atoms with Crippen molar-refractivity contribution in [2.45, 2.75) is 19.4 Å². The summed E-state index contributed by atoms with van der Waals surface area (Å²) in [7, 11) is 0. The van der Waals surface area contributed by atoms with E-state index in [2.05, 4.69) is 5.32 Å². The molecule has 5 nitrogen and oxygen atoms in total. The Balaban J connectivity index is 1.70. The molecule has 4 rings (SSSR count). The molecule has 1 aliphatic heterocycles. The summed E-state index contributed by atoms with van der Waals surface area (Å²) in [6.07, 6.45) is 0.172. The first-order valence-corrected chi connectivity index (χ1v) is 10.4. The van der Waals surface area contributed by atoms with E-state index in [9.17, 15) is 14.4 Å². The second kappa shape index (κ2) is 8.53. The second-order valence-corrected chi connectivity index (χ2v) is 8.17. The van der Waals surface area contributed by atoms with Crippen LogP contribution in [0, 0.1) is 6.92 Å². The smallest absolute Gasteiger partial charge is 0.262 e. The SMILES string of the molecule is Cc1ccc(NC(=O)C(Cc2ccccc2)N2C(=O)c3cc(Cl)c(Cl)cc3C2=O)cc1. The van der Waals surface area contributed by atoms with Crippen LogP contribution < -0.4 is 5.32 Å². The normalized spacial score (nSPS) is 13.8. The molecule has 0 saturated carbocycles. The third-order valence-corrected chi connectivity index (χ3v) is 5.89. The predicted molar refractivity (Wildman–Crippen MR) is 121 cm³/mol. The van der Waals surface area contributed by atoms with Gasteiger partial charge in [0.25, 0.3) is 11.8 Å². The van der Waals surface area contributed by atoms with Crippen LogP contribution in [0.5, 0.6) is 0 Å². The molecule has 0 bridgehead atoms. The monoisotopic (exact) mass is 452 g/mol. The number of rotatable bonds is 5. The highest BCUT2D eigenvalue weighted by molar-refractivity contribution is 6.43. The number of hydrogen-bond acceptors (Lipinski definition) is 3. The fraction of sp³-hybridized carbons (Fsp3) is 0.125. The van der Waals surface area contributed by atoms with Crippen molar-refractivity contribution in [3.8, 4) is 0 Å². The van der Waals surface area contributed by atoms with Crippen molar-refractivity contribution in [2.75, 3.05) is 5.32 Å². The van der Waals surface area contributed by atoms with Gasteiger partial charge in [0, 0.05) is 12.1 Å². The summed E-state index contributed by atoms with van der Waals surface area (Å²) < 4.78 is 0. The van der Waals surface area contributed by atoms with Gasteiger partial charge in [0.1, 0.15) is 6.04 Å². The highest BCUT2D eigenvalue weighted by Gasteiger charge is 2.43. The molecule has 3 aromatic rings. The van der Waals surface area contributed by atoms with Crippen molar-refractivity contribution in [2.24, 2.45) is 0 Å². The molecule has 0 saturated heterocycles. The Hall–Kier alpha value is -3.15. The minimum Gasteiger partial charge on any atom is -0.324 e. The van der Waals surface area contributed by atoms with Gasteiger partial charge in [-0.25, -0.2) is 0 Å². The quantitative estimate of drug-likeness (QED) is 0.544. The van der Waals surface area contributed by atoms with Gasteiger partial charge in [0.15, 0.2) is 0 Å². The number of imide groups is 1. The van der Waals surface area contributed by atoms with Crippen LogP contribution in [0.2, 0.25) is 10.0 Å². The number of halogens is 2. The lowest BCUT2D eigenvalue weighted by atomic mass is 10.0. The molecule has 0 fully saturated rings. The fourth-order valence-electron chi connectivity index (χ4n) is 3.54. The van der Waals surface area contributed by atoms with Crippen LogP contribution in [-0.2, 0) is 11.2 Å². The van der Waals surface area contributed by atoms with Crippen LogP contribution in [0.3, 0.4) is 0 Å². The lowest BCUT2D eigenvalue weighted by Gasteiger charge is -2.25.